The van der Waals surface area contributed by atoms with E-state index in [0.29, 0.717) is 36.5 Å². The van der Waals surface area contributed by atoms with Crippen LogP contribution in [0.3, 0.4) is 0 Å². The molecule has 6 atom stereocenters. The zero-order valence-corrected chi connectivity index (χ0v) is 21.8. The third-order valence-corrected chi connectivity index (χ3v) is 9.74. The lowest BCUT2D eigenvalue weighted by Crippen LogP contribution is -2.51. The maximum atomic E-state index is 12.3. The Labute approximate surface area is 205 Å². The summed E-state index contributed by atoms with van der Waals surface area (Å²) >= 11 is 0. The molecule has 0 spiro atoms. The van der Waals surface area contributed by atoms with Gasteiger partial charge in [0.15, 0.2) is 5.78 Å². The molecule has 3 fully saturated rings. The molecule has 33 heavy (non-hydrogen) atoms. The van der Waals surface area contributed by atoms with E-state index in [1.807, 2.05) is 20.0 Å². The molecule has 0 heterocycles. The standard InChI is InChI=1S/C26H41N3O3.ClH/c1-17(28-32-24(31)29(5)15-14-27-4)21-8-9-22-20-7-6-18-16-19(30)10-12-25(18,2)23(20)11-13-26(21,22)3;/h16,20-23,27H,6-15H2,1-5H3;1H/b28-17+;/t20-,21+,22-,23-,25-,26+;/m0./s1. The molecule has 0 aromatic rings. The Bertz CT molecular complexity index is 828. The number of ketones is 1. The predicted octanol–water partition coefficient (Wildman–Crippen LogP) is 5.22. The van der Waals surface area contributed by atoms with Crippen LogP contribution in [0.2, 0.25) is 0 Å². The van der Waals surface area contributed by atoms with Crippen molar-refractivity contribution in [3.05, 3.63) is 11.6 Å². The molecule has 7 heteroatoms. The topological polar surface area (TPSA) is 71.0 Å². The zero-order valence-electron chi connectivity index (χ0n) is 21.0. The molecule has 4 aliphatic rings. The second-order valence-corrected chi connectivity index (χ2v) is 11.3. The quantitative estimate of drug-likeness (QED) is 0.333. The minimum absolute atomic E-state index is 0. The summed E-state index contributed by atoms with van der Waals surface area (Å²) in [5, 5.41) is 7.36. The van der Waals surface area contributed by atoms with E-state index >= 15 is 0 Å². The first-order valence-electron chi connectivity index (χ1n) is 12.6. The number of carbonyl (C=O) groups is 2. The highest BCUT2D eigenvalue weighted by atomic mass is 35.5. The highest BCUT2D eigenvalue weighted by Gasteiger charge is 2.59. The number of oxime groups is 1. The number of allylic oxidation sites excluding steroid dienone is 1. The summed E-state index contributed by atoms with van der Waals surface area (Å²) in [6, 6.07) is 0. The van der Waals surface area contributed by atoms with Gasteiger partial charge in [-0.2, -0.15) is 0 Å². The fraction of sp³-hybridized carbons (Fsp3) is 0.808. The van der Waals surface area contributed by atoms with Crippen LogP contribution in [0.15, 0.2) is 16.8 Å². The van der Waals surface area contributed by atoms with Gasteiger partial charge in [-0.3, -0.25) is 9.63 Å². The van der Waals surface area contributed by atoms with Gasteiger partial charge in [0.05, 0.1) is 5.71 Å². The number of rotatable bonds is 5. The van der Waals surface area contributed by atoms with Crippen molar-refractivity contribution in [2.24, 2.45) is 39.7 Å². The lowest BCUT2D eigenvalue weighted by molar-refractivity contribution is -0.117. The summed E-state index contributed by atoms with van der Waals surface area (Å²) in [7, 11) is 3.61. The third kappa shape index (κ3) is 4.62. The Morgan fingerprint density at radius 1 is 1.18 bits per heavy atom. The van der Waals surface area contributed by atoms with Gasteiger partial charge in [0.1, 0.15) is 0 Å². The van der Waals surface area contributed by atoms with Crippen LogP contribution in [0, 0.1) is 34.5 Å². The van der Waals surface area contributed by atoms with Gasteiger partial charge in [-0.1, -0.05) is 24.6 Å². The van der Waals surface area contributed by atoms with Crippen molar-refractivity contribution in [1.29, 1.82) is 0 Å². The monoisotopic (exact) mass is 479 g/mol. The number of likely N-dealkylation sites (N-methyl/N-ethyl adjacent to an activating group) is 2. The van der Waals surface area contributed by atoms with Crippen LogP contribution in [0.4, 0.5) is 4.79 Å². The van der Waals surface area contributed by atoms with Crippen molar-refractivity contribution in [3.8, 4) is 0 Å². The molecule has 186 valence electrons. The zero-order chi connectivity index (χ0) is 23.1. The average Bonchev–Trinajstić information content (AvgIpc) is 3.13. The number of hydrogen-bond donors (Lipinski definition) is 1. The van der Waals surface area contributed by atoms with Gasteiger partial charge in [0, 0.05) is 32.5 Å². The van der Waals surface area contributed by atoms with Gasteiger partial charge in [-0.05, 0) is 93.6 Å². The van der Waals surface area contributed by atoms with Crippen LogP contribution in [-0.4, -0.2) is 49.7 Å². The first-order valence-corrected chi connectivity index (χ1v) is 12.6. The Morgan fingerprint density at radius 3 is 2.67 bits per heavy atom. The van der Waals surface area contributed by atoms with Crippen molar-refractivity contribution in [1.82, 2.24) is 10.2 Å². The van der Waals surface area contributed by atoms with Crippen LogP contribution >= 0.6 is 12.4 Å². The second kappa shape index (κ2) is 10.1. The van der Waals surface area contributed by atoms with Gasteiger partial charge >= 0.3 is 6.09 Å². The summed E-state index contributed by atoms with van der Waals surface area (Å²) in [6.07, 6.45) is 10.4. The molecule has 6 nitrogen and oxygen atoms in total. The maximum absolute atomic E-state index is 12.3. The minimum Gasteiger partial charge on any atom is -0.318 e. The average molecular weight is 480 g/mol. The van der Waals surface area contributed by atoms with Gasteiger partial charge in [0.25, 0.3) is 0 Å². The molecule has 0 radical (unpaired) electrons. The SMILES string of the molecule is CNCCN(C)C(=O)O/N=C(\C)[C@H]1CC[C@H]2[C@@H]3CCC4=CC(=O)CC[C@]4(C)[C@H]3CC[C@]12C.Cl. The highest BCUT2D eigenvalue weighted by Crippen LogP contribution is 2.66. The molecule has 1 N–H and O–H groups in total. The summed E-state index contributed by atoms with van der Waals surface area (Å²) in [4.78, 5) is 31.2. The number of hydrogen-bond acceptors (Lipinski definition) is 5. The normalized spacial score (nSPS) is 37.8. The van der Waals surface area contributed by atoms with E-state index in [1.54, 1.807) is 11.9 Å². The van der Waals surface area contributed by atoms with E-state index in [9.17, 15) is 9.59 Å². The Hall–Kier alpha value is -1.40. The predicted molar refractivity (Wildman–Crippen MR) is 134 cm³/mol. The number of nitrogens with zero attached hydrogens (tertiary/aromatic N) is 2. The molecule has 0 aromatic heterocycles. The first-order chi connectivity index (χ1) is 15.2. The fourth-order valence-corrected chi connectivity index (χ4v) is 7.86. The number of amides is 1. The van der Waals surface area contributed by atoms with Crippen LogP contribution in [-0.2, 0) is 9.63 Å². The summed E-state index contributed by atoms with van der Waals surface area (Å²) in [5.74, 6) is 2.83. The molecule has 0 unspecified atom stereocenters. The van der Waals surface area contributed by atoms with Crippen molar-refractivity contribution in [2.45, 2.75) is 72.1 Å². The van der Waals surface area contributed by atoms with Crippen molar-refractivity contribution < 1.29 is 14.4 Å². The molecular formula is C26H42ClN3O3. The maximum Gasteiger partial charge on any atom is 0.435 e. The molecule has 3 saturated carbocycles. The Morgan fingerprint density at radius 2 is 1.94 bits per heavy atom. The molecule has 1 amide bonds. The second-order valence-electron chi connectivity index (χ2n) is 11.3. The van der Waals surface area contributed by atoms with Crippen molar-refractivity contribution in [3.63, 3.8) is 0 Å². The van der Waals surface area contributed by atoms with Gasteiger partial charge < -0.3 is 10.2 Å². The van der Waals surface area contributed by atoms with E-state index < -0.39 is 6.09 Å². The molecule has 0 saturated heterocycles. The summed E-state index contributed by atoms with van der Waals surface area (Å²) in [6.45, 7) is 8.26. The van der Waals surface area contributed by atoms with E-state index in [0.717, 1.165) is 37.4 Å². The third-order valence-electron chi connectivity index (χ3n) is 9.74. The van der Waals surface area contributed by atoms with Crippen molar-refractivity contribution in [2.75, 3.05) is 27.2 Å². The van der Waals surface area contributed by atoms with E-state index in [-0.39, 0.29) is 23.2 Å². The number of carbonyl (C=O) groups excluding carboxylic acids is 2. The lowest BCUT2D eigenvalue weighted by Gasteiger charge is -2.58. The van der Waals surface area contributed by atoms with Crippen molar-refractivity contribution >= 4 is 30.0 Å². The van der Waals surface area contributed by atoms with Crippen LogP contribution in [0.5, 0.6) is 0 Å². The molecule has 0 bridgehead atoms. The minimum atomic E-state index is -0.394. The van der Waals surface area contributed by atoms with Crippen LogP contribution in [0.25, 0.3) is 0 Å². The van der Waals surface area contributed by atoms with E-state index in [2.05, 4.69) is 24.3 Å². The summed E-state index contributed by atoms with van der Waals surface area (Å²) < 4.78 is 0. The number of fused-ring (bicyclic) bond motifs is 5. The van der Waals surface area contributed by atoms with Crippen LogP contribution in [0.1, 0.15) is 72.1 Å². The number of halogens is 1. The molecule has 4 aliphatic carbocycles. The van der Waals surface area contributed by atoms with Gasteiger partial charge in [-0.15, -0.1) is 12.4 Å². The Kier molecular flexibility index (Phi) is 8.00. The molecule has 4 rings (SSSR count). The Balaban J connectivity index is 0.00000306. The largest absolute Gasteiger partial charge is 0.435 e. The lowest BCUT2D eigenvalue weighted by atomic mass is 9.46. The first kappa shape index (κ1) is 26.2. The smallest absolute Gasteiger partial charge is 0.318 e. The van der Waals surface area contributed by atoms with Gasteiger partial charge in [-0.25, -0.2) is 4.79 Å². The number of nitrogens with one attached hydrogen (secondary N) is 1. The van der Waals surface area contributed by atoms with Gasteiger partial charge in [0.2, 0.25) is 0 Å². The summed E-state index contributed by atoms with van der Waals surface area (Å²) in [5.41, 5.74) is 2.84. The fourth-order valence-electron chi connectivity index (χ4n) is 7.86. The van der Waals surface area contributed by atoms with E-state index in [1.165, 1.54) is 31.3 Å². The molecule has 0 aromatic carbocycles. The van der Waals surface area contributed by atoms with E-state index in [4.69, 9.17) is 4.84 Å². The molecular weight excluding hydrogens is 438 g/mol. The van der Waals surface area contributed by atoms with Crippen LogP contribution < -0.4 is 5.32 Å². The highest BCUT2D eigenvalue weighted by molar-refractivity contribution is 5.91. The molecule has 0 aliphatic heterocycles.